The third kappa shape index (κ3) is 5.13. The van der Waals surface area contributed by atoms with Crippen LogP contribution in [0.25, 0.3) is 16.2 Å². The van der Waals surface area contributed by atoms with Gasteiger partial charge in [-0.25, -0.2) is 4.98 Å². The number of halogens is 3. The Bertz CT molecular complexity index is 939. The summed E-state index contributed by atoms with van der Waals surface area (Å²) in [5.74, 6) is -0.540. The van der Waals surface area contributed by atoms with Gasteiger partial charge in [-0.05, 0) is 5.41 Å². The molecule has 3 rings (SSSR count). The van der Waals surface area contributed by atoms with Crippen molar-refractivity contribution in [2.45, 2.75) is 33.4 Å². The Kier molecular flexibility index (Phi) is 5.52. The monoisotopic (exact) mass is 409 g/mol. The summed E-state index contributed by atoms with van der Waals surface area (Å²) in [6, 6.07) is 9.61. The fraction of sp³-hybridized carbons (Fsp3) is 0.400. The summed E-state index contributed by atoms with van der Waals surface area (Å²) in [4.78, 5) is 18.8. The van der Waals surface area contributed by atoms with Gasteiger partial charge in [-0.1, -0.05) is 51.1 Å². The van der Waals surface area contributed by atoms with Crippen molar-refractivity contribution < 1.29 is 18.0 Å². The minimum absolute atomic E-state index is 0.0395. The SMILES string of the molecule is CC(C)(C)CN(CC(F)(F)F)C(=O)Cc1csc2nc(-c3ccccc3)cn12. The van der Waals surface area contributed by atoms with Crippen LogP contribution in [0.1, 0.15) is 26.5 Å². The van der Waals surface area contributed by atoms with E-state index < -0.39 is 24.0 Å². The van der Waals surface area contributed by atoms with Gasteiger partial charge in [0.2, 0.25) is 5.91 Å². The van der Waals surface area contributed by atoms with E-state index in [4.69, 9.17) is 0 Å². The van der Waals surface area contributed by atoms with Crippen molar-refractivity contribution in [3.63, 3.8) is 0 Å². The molecule has 2 heterocycles. The van der Waals surface area contributed by atoms with Gasteiger partial charge < -0.3 is 4.90 Å². The van der Waals surface area contributed by atoms with Crippen molar-refractivity contribution in [1.82, 2.24) is 14.3 Å². The molecule has 8 heteroatoms. The van der Waals surface area contributed by atoms with Crippen molar-refractivity contribution in [2.24, 2.45) is 5.41 Å². The number of hydrogen-bond acceptors (Lipinski definition) is 3. The first-order valence-corrected chi connectivity index (χ1v) is 9.75. The van der Waals surface area contributed by atoms with E-state index in [1.165, 1.54) is 11.3 Å². The van der Waals surface area contributed by atoms with Crippen molar-refractivity contribution in [2.75, 3.05) is 13.1 Å². The van der Waals surface area contributed by atoms with Gasteiger partial charge in [0, 0.05) is 29.4 Å². The second kappa shape index (κ2) is 7.58. The smallest absolute Gasteiger partial charge is 0.333 e. The molecule has 0 unspecified atom stereocenters. The maximum absolute atomic E-state index is 13.0. The Balaban J connectivity index is 1.83. The summed E-state index contributed by atoms with van der Waals surface area (Å²) in [7, 11) is 0. The zero-order chi connectivity index (χ0) is 20.5. The van der Waals surface area contributed by atoms with E-state index in [1.54, 1.807) is 9.78 Å². The van der Waals surface area contributed by atoms with Crippen LogP contribution in [-0.2, 0) is 11.2 Å². The largest absolute Gasteiger partial charge is 0.406 e. The first-order chi connectivity index (χ1) is 13.0. The van der Waals surface area contributed by atoms with Crippen molar-refractivity contribution in [3.8, 4) is 11.3 Å². The second-order valence-corrected chi connectivity index (χ2v) is 8.81. The fourth-order valence-electron chi connectivity index (χ4n) is 2.99. The molecular weight excluding hydrogens is 387 g/mol. The highest BCUT2D eigenvalue weighted by molar-refractivity contribution is 7.15. The number of alkyl halides is 3. The van der Waals surface area contributed by atoms with Crippen LogP contribution < -0.4 is 0 Å². The van der Waals surface area contributed by atoms with Gasteiger partial charge in [-0.15, -0.1) is 11.3 Å². The lowest BCUT2D eigenvalue weighted by molar-refractivity contribution is -0.163. The summed E-state index contributed by atoms with van der Waals surface area (Å²) in [5, 5.41) is 1.78. The highest BCUT2D eigenvalue weighted by Gasteiger charge is 2.34. The number of benzene rings is 1. The van der Waals surface area contributed by atoms with E-state index in [0.717, 1.165) is 16.2 Å². The molecule has 28 heavy (non-hydrogen) atoms. The van der Waals surface area contributed by atoms with E-state index in [0.29, 0.717) is 10.7 Å². The summed E-state index contributed by atoms with van der Waals surface area (Å²) in [6.07, 6.45) is -2.71. The number of fused-ring (bicyclic) bond motifs is 1. The van der Waals surface area contributed by atoms with Gasteiger partial charge in [0.1, 0.15) is 6.54 Å². The van der Waals surface area contributed by atoms with Crippen LogP contribution in [0, 0.1) is 5.41 Å². The number of rotatable bonds is 5. The van der Waals surface area contributed by atoms with Crippen LogP contribution in [-0.4, -0.2) is 39.5 Å². The van der Waals surface area contributed by atoms with Gasteiger partial charge in [0.25, 0.3) is 0 Å². The maximum Gasteiger partial charge on any atom is 0.406 e. The highest BCUT2D eigenvalue weighted by atomic mass is 32.1. The molecule has 0 saturated carbocycles. The highest BCUT2D eigenvalue weighted by Crippen LogP contribution is 2.25. The van der Waals surface area contributed by atoms with Crippen LogP contribution >= 0.6 is 11.3 Å². The molecule has 0 N–H and O–H groups in total. The third-order valence-electron chi connectivity index (χ3n) is 4.07. The Morgan fingerprint density at radius 2 is 1.82 bits per heavy atom. The maximum atomic E-state index is 13.0. The molecule has 0 fully saturated rings. The van der Waals surface area contributed by atoms with Crippen LogP contribution in [0.3, 0.4) is 0 Å². The Morgan fingerprint density at radius 3 is 2.43 bits per heavy atom. The predicted octanol–water partition coefficient (Wildman–Crippen LogP) is 5.04. The lowest BCUT2D eigenvalue weighted by Crippen LogP contribution is -2.44. The second-order valence-electron chi connectivity index (χ2n) is 7.97. The van der Waals surface area contributed by atoms with Crippen LogP contribution in [0.4, 0.5) is 13.2 Å². The summed E-state index contributed by atoms with van der Waals surface area (Å²) < 4.78 is 40.7. The summed E-state index contributed by atoms with van der Waals surface area (Å²) >= 11 is 1.37. The third-order valence-corrected chi connectivity index (χ3v) is 4.96. The van der Waals surface area contributed by atoms with Crippen LogP contribution in [0.15, 0.2) is 41.9 Å². The zero-order valence-electron chi connectivity index (χ0n) is 16.0. The fourth-order valence-corrected chi connectivity index (χ4v) is 3.87. The molecule has 0 aliphatic carbocycles. The number of nitrogens with zero attached hydrogens (tertiary/aromatic N) is 3. The zero-order valence-corrected chi connectivity index (χ0v) is 16.8. The number of thiazole rings is 1. The van der Waals surface area contributed by atoms with Crippen molar-refractivity contribution >= 4 is 22.2 Å². The van der Waals surface area contributed by atoms with Gasteiger partial charge >= 0.3 is 6.18 Å². The van der Waals surface area contributed by atoms with E-state index in [9.17, 15) is 18.0 Å². The number of imidazole rings is 1. The van der Waals surface area contributed by atoms with Crippen molar-refractivity contribution in [1.29, 1.82) is 0 Å². The number of aromatic nitrogens is 2. The quantitative estimate of drug-likeness (QED) is 0.592. The molecule has 3 aromatic rings. The molecular formula is C20H22F3N3OS. The molecule has 0 spiro atoms. The molecule has 2 aromatic heterocycles. The Hall–Kier alpha value is -2.35. The first kappa shape index (κ1) is 20.4. The molecule has 0 radical (unpaired) electrons. The van der Waals surface area contributed by atoms with Crippen LogP contribution in [0.2, 0.25) is 0 Å². The van der Waals surface area contributed by atoms with Gasteiger partial charge in [0.15, 0.2) is 4.96 Å². The Labute approximate surface area is 165 Å². The lowest BCUT2D eigenvalue weighted by atomic mass is 9.96. The number of carbonyl (C=O) groups is 1. The summed E-state index contributed by atoms with van der Waals surface area (Å²) in [6.45, 7) is 4.24. The molecule has 1 aromatic carbocycles. The van der Waals surface area contributed by atoms with E-state index in [2.05, 4.69) is 4.98 Å². The van der Waals surface area contributed by atoms with Gasteiger partial charge in [-0.3, -0.25) is 9.20 Å². The van der Waals surface area contributed by atoms with E-state index in [-0.39, 0.29) is 13.0 Å². The molecule has 0 aliphatic heterocycles. The first-order valence-electron chi connectivity index (χ1n) is 8.87. The topological polar surface area (TPSA) is 37.6 Å². The molecule has 0 bridgehead atoms. The molecule has 1 amide bonds. The summed E-state index contributed by atoms with van der Waals surface area (Å²) in [5.41, 5.74) is 1.92. The van der Waals surface area contributed by atoms with E-state index >= 15 is 0 Å². The average molecular weight is 409 g/mol. The van der Waals surface area contributed by atoms with Gasteiger partial charge in [0.05, 0.1) is 12.1 Å². The lowest BCUT2D eigenvalue weighted by Gasteiger charge is -2.30. The molecule has 4 nitrogen and oxygen atoms in total. The average Bonchev–Trinajstić information content (AvgIpc) is 3.14. The van der Waals surface area contributed by atoms with E-state index in [1.807, 2.05) is 57.3 Å². The molecule has 0 aliphatic rings. The molecule has 150 valence electrons. The Morgan fingerprint density at radius 1 is 1.14 bits per heavy atom. The molecule has 0 saturated heterocycles. The number of amides is 1. The standard InChI is InChI=1S/C20H22F3N3OS/c1-19(2,3)12-25(13-20(21,22)23)17(27)9-15-11-28-18-24-16(10-26(15)18)14-7-5-4-6-8-14/h4-8,10-11H,9,12-13H2,1-3H3. The minimum atomic E-state index is -4.43. The van der Waals surface area contributed by atoms with Crippen molar-refractivity contribution in [3.05, 3.63) is 47.6 Å². The number of carbonyl (C=O) groups excluding carboxylic acids is 1. The normalized spacial score (nSPS) is 12.5. The predicted molar refractivity (Wildman–Crippen MR) is 104 cm³/mol. The molecule has 0 atom stereocenters. The van der Waals surface area contributed by atoms with Crippen LogP contribution in [0.5, 0.6) is 0 Å². The van der Waals surface area contributed by atoms with Gasteiger partial charge in [-0.2, -0.15) is 13.2 Å². The minimum Gasteiger partial charge on any atom is -0.333 e. The number of hydrogen-bond donors (Lipinski definition) is 0.